The van der Waals surface area contributed by atoms with Crippen molar-refractivity contribution in [2.45, 2.75) is 83.5 Å². The number of carbonyl (C=O) groups excluding carboxylic acids is 1. The minimum absolute atomic E-state index is 0.0167. The molecule has 5 atom stereocenters. The predicted octanol–water partition coefficient (Wildman–Crippen LogP) is 2.01. The third kappa shape index (κ3) is 3.76. The molecule has 1 heterocycles. The fourth-order valence-corrected chi connectivity index (χ4v) is 3.98. The van der Waals surface area contributed by atoms with E-state index >= 15 is 0 Å². The van der Waals surface area contributed by atoms with Gasteiger partial charge in [0.05, 0.1) is 12.0 Å². The van der Waals surface area contributed by atoms with E-state index in [1.807, 2.05) is 6.92 Å². The molecule has 1 aliphatic carbocycles. The van der Waals surface area contributed by atoms with Crippen molar-refractivity contribution in [1.82, 2.24) is 10.2 Å². The average Bonchev–Trinajstić information content (AvgIpc) is 2.77. The molecule has 2 N–H and O–H groups in total. The molecule has 5 nitrogen and oxygen atoms in total. The molecule has 1 amide bonds. The van der Waals surface area contributed by atoms with Crippen LogP contribution in [0.25, 0.3) is 0 Å². The number of carboxylic acids is 1. The molecule has 5 heteroatoms. The van der Waals surface area contributed by atoms with Gasteiger partial charge in [0.1, 0.15) is 0 Å². The second-order valence-electron chi connectivity index (χ2n) is 6.81. The number of nitrogens with zero attached hydrogens (tertiary/aromatic N) is 1. The number of likely N-dealkylation sites (tertiary alicyclic amines) is 1. The predicted molar refractivity (Wildman–Crippen MR) is 81.0 cm³/mol. The van der Waals surface area contributed by atoms with Gasteiger partial charge in [0.25, 0.3) is 0 Å². The van der Waals surface area contributed by atoms with E-state index in [0.717, 1.165) is 32.1 Å². The first-order chi connectivity index (χ1) is 9.90. The standard InChI is InChI=1S/C16H28N2O3/c1-10-7-8-11(2)18(10)12(3)15(19)17-14-6-4-5-13(9-14)16(20)21/h10-14H,4-9H2,1-3H3,(H,17,19)(H,20,21). The number of nitrogens with one attached hydrogen (secondary N) is 1. The Hall–Kier alpha value is -1.10. The van der Waals surface area contributed by atoms with Crippen LogP contribution in [-0.4, -0.2) is 46.1 Å². The first-order valence-electron chi connectivity index (χ1n) is 8.20. The molecule has 1 aliphatic heterocycles. The van der Waals surface area contributed by atoms with E-state index in [2.05, 4.69) is 24.1 Å². The number of amides is 1. The molecule has 0 aromatic rings. The minimum atomic E-state index is -0.733. The summed E-state index contributed by atoms with van der Waals surface area (Å²) in [5, 5.41) is 12.2. The maximum atomic E-state index is 12.5. The van der Waals surface area contributed by atoms with Gasteiger partial charge in [-0.1, -0.05) is 6.42 Å². The van der Waals surface area contributed by atoms with Crippen LogP contribution < -0.4 is 5.32 Å². The lowest BCUT2D eigenvalue weighted by Gasteiger charge is -2.34. The van der Waals surface area contributed by atoms with E-state index in [1.54, 1.807) is 0 Å². The lowest BCUT2D eigenvalue weighted by molar-refractivity contribution is -0.143. The lowest BCUT2D eigenvalue weighted by atomic mass is 9.85. The second-order valence-corrected chi connectivity index (χ2v) is 6.81. The highest BCUT2D eigenvalue weighted by atomic mass is 16.4. The zero-order valence-corrected chi connectivity index (χ0v) is 13.3. The van der Waals surface area contributed by atoms with Crippen molar-refractivity contribution in [3.63, 3.8) is 0 Å². The monoisotopic (exact) mass is 296 g/mol. The number of hydrogen-bond acceptors (Lipinski definition) is 3. The molecule has 0 aromatic carbocycles. The van der Waals surface area contributed by atoms with Crippen LogP contribution in [0.4, 0.5) is 0 Å². The molecule has 2 rings (SSSR count). The van der Waals surface area contributed by atoms with E-state index in [4.69, 9.17) is 5.11 Å². The van der Waals surface area contributed by atoms with Crippen LogP contribution in [0.1, 0.15) is 59.3 Å². The van der Waals surface area contributed by atoms with Gasteiger partial charge in [-0.3, -0.25) is 14.5 Å². The summed E-state index contributed by atoms with van der Waals surface area (Å²) in [6.07, 6.45) is 5.36. The summed E-state index contributed by atoms with van der Waals surface area (Å²) in [4.78, 5) is 25.8. The smallest absolute Gasteiger partial charge is 0.306 e. The number of hydrogen-bond donors (Lipinski definition) is 2. The Bertz CT molecular complexity index is 389. The SMILES string of the molecule is CC1CCC(C)N1C(C)C(=O)NC1CCCC(C(=O)O)C1. The number of rotatable bonds is 4. The summed E-state index contributed by atoms with van der Waals surface area (Å²) in [5.41, 5.74) is 0. The fraction of sp³-hybridized carbons (Fsp3) is 0.875. The molecule has 2 fully saturated rings. The van der Waals surface area contributed by atoms with Crippen molar-refractivity contribution in [1.29, 1.82) is 0 Å². The van der Waals surface area contributed by atoms with Gasteiger partial charge in [0.2, 0.25) is 5.91 Å². The zero-order valence-electron chi connectivity index (χ0n) is 13.3. The topological polar surface area (TPSA) is 69.6 Å². The van der Waals surface area contributed by atoms with Gasteiger partial charge in [0, 0.05) is 18.1 Å². The Balaban J connectivity index is 1.90. The van der Waals surface area contributed by atoms with E-state index in [-0.39, 0.29) is 23.9 Å². The maximum Gasteiger partial charge on any atom is 0.306 e. The van der Waals surface area contributed by atoms with E-state index < -0.39 is 5.97 Å². The van der Waals surface area contributed by atoms with Gasteiger partial charge in [-0.15, -0.1) is 0 Å². The van der Waals surface area contributed by atoms with Crippen LogP contribution in [0.15, 0.2) is 0 Å². The Morgan fingerprint density at radius 1 is 1.14 bits per heavy atom. The largest absolute Gasteiger partial charge is 0.481 e. The third-order valence-corrected chi connectivity index (χ3v) is 5.22. The quantitative estimate of drug-likeness (QED) is 0.832. The lowest BCUT2D eigenvalue weighted by Crippen LogP contribution is -2.52. The Morgan fingerprint density at radius 2 is 1.76 bits per heavy atom. The molecule has 5 unspecified atom stereocenters. The molecule has 21 heavy (non-hydrogen) atoms. The Kier molecular flexibility index (Phi) is 5.25. The highest BCUT2D eigenvalue weighted by Gasteiger charge is 2.35. The normalized spacial score (nSPS) is 35.4. The molecule has 2 aliphatic rings. The van der Waals surface area contributed by atoms with Crippen LogP contribution in [-0.2, 0) is 9.59 Å². The van der Waals surface area contributed by atoms with Gasteiger partial charge < -0.3 is 10.4 Å². The van der Waals surface area contributed by atoms with Crippen LogP contribution in [0, 0.1) is 5.92 Å². The molecule has 1 saturated heterocycles. The number of aliphatic carboxylic acids is 1. The summed E-state index contributed by atoms with van der Waals surface area (Å²) in [7, 11) is 0. The van der Waals surface area contributed by atoms with Crippen LogP contribution in [0.3, 0.4) is 0 Å². The van der Waals surface area contributed by atoms with Gasteiger partial charge in [-0.2, -0.15) is 0 Å². The van der Waals surface area contributed by atoms with E-state index in [0.29, 0.717) is 18.5 Å². The van der Waals surface area contributed by atoms with Crippen molar-refractivity contribution in [2.75, 3.05) is 0 Å². The molecular weight excluding hydrogens is 268 g/mol. The van der Waals surface area contributed by atoms with Crippen LogP contribution >= 0.6 is 0 Å². The van der Waals surface area contributed by atoms with E-state index in [1.165, 1.54) is 0 Å². The number of carboxylic acid groups (broad SMARTS) is 1. The first kappa shape index (κ1) is 16.3. The fourth-order valence-electron chi connectivity index (χ4n) is 3.98. The summed E-state index contributed by atoms with van der Waals surface area (Å²) < 4.78 is 0. The maximum absolute atomic E-state index is 12.5. The molecule has 120 valence electrons. The zero-order chi connectivity index (χ0) is 15.6. The molecule has 0 radical (unpaired) electrons. The van der Waals surface area contributed by atoms with Gasteiger partial charge in [0.15, 0.2) is 0 Å². The van der Waals surface area contributed by atoms with Gasteiger partial charge in [-0.25, -0.2) is 0 Å². The Labute approximate surface area is 127 Å². The van der Waals surface area contributed by atoms with Gasteiger partial charge in [-0.05, 0) is 52.9 Å². The van der Waals surface area contributed by atoms with E-state index in [9.17, 15) is 9.59 Å². The van der Waals surface area contributed by atoms with Crippen LogP contribution in [0.2, 0.25) is 0 Å². The highest BCUT2D eigenvalue weighted by molar-refractivity contribution is 5.82. The molecule has 0 spiro atoms. The minimum Gasteiger partial charge on any atom is -0.481 e. The second kappa shape index (κ2) is 6.77. The van der Waals surface area contributed by atoms with Crippen molar-refractivity contribution < 1.29 is 14.7 Å². The Morgan fingerprint density at radius 3 is 2.33 bits per heavy atom. The number of carbonyl (C=O) groups is 2. The van der Waals surface area contributed by atoms with Crippen molar-refractivity contribution >= 4 is 11.9 Å². The molecule has 0 aromatic heterocycles. The van der Waals surface area contributed by atoms with Crippen molar-refractivity contribution in [2.24, 2.45) is 5.92 Å². The summed E-state index contributed by atoms with van der Waals surface area (Å²) in [6, 6.07) is 0.767. The summed E-state index contributed by atoms with van der Waals surface area (Å²) in [6.45, 7) is 6.31. The molecular formula is C16H28N2O3. The molecule has 0 bridgehead atoms. The van der Waals surface area contributed by atoms with Crippen LogP contribution in [0.5, 0.6) is 0 Å². The third-order valence-electron chi connectivity index (χ3n) is 5.22. The summed E-state index contributed by atoms with van der Waals surface area (Å²) >= 11 is 0. The summed E-state index contributed by atoms with van der Waals surface area (Å²) in [5.74, 6) is -0.987. The van der Waals surface area contributed by atoms with Crippen molar-refractivity contribution in [3.05, 3.63) is 0 Å². The molecule has 1 saturated carbocycles. The first-order valence-corrected chi connectivity index (χ1v) is 8.20. The van der Waals surface area contributed by atoms with Crippen molar-refractivity contribution in [3.8, 4) is 0 Å². The average molecular weight is 296 g/mol. The highest BCUT2D eigenvalue weighted by Crippen LogP contribution is 2.27. The van der Waals surface area contributed by atoms with Gasteiger partial charge >= 0.3 is 5.97 Å².